The number of aromatic nitrogens is 3. The highest BCUT2D eigenvalue weighted by atomic mass is 16.1. The van der Waals surface area contributed by atoms with E-state index in [-0.39, 0.29) is 5.91 Å². The summed E-state index contributed by atoms with van der Waals surface area (Å²) < 4.78 is 1.70. The van der Waals surface area contributed by atoms with Crippen LogP contribution in [0.5, 0.6) is 0 Å². The van der Waals surface area contributed by atoms with Gasteiger partial charge < -0.3 is 10.2 Å². The molecular weight excluding hydrogens is 290 g/mol. The third kappa shape index (κ3) is 5.30. The summed E-state index contributed by atoms with van der Waals surface area (Å²) in [5.74, 6) is 1.01. The molecule has 1 atom stereocenters. The lowest BCUT2D eigenvalue weighted by Crippen LogP contribution is -2.49. The minimum absolute atomic E-state index is 0.130. The zero-order valence-corrected chi connectivity index (χ0v) is 14.0. The van der Waals surface area contributed by atoms with E-state index in [1.54, 1.807) is 11.0 Å². The summed E-state index contributed by atoms with van der Waals surface area (Å²) in [7, 11) is 0. The largest absolute Gasteiger partial charge is 0.352 e. The van der Waals surface area contributed by atoms with Crippen molar-refractivity contribution in [2.24, 2.45) is 5.92 Å². The van der Waals surface area contributed by atoms with Gasteiger partial charge in [0.15, 0.2) is 0 Å². The molecule has 1 N–H and O–H groups in total. The fraction of sp³-hybridized carbons (Fsp3) is 0.824. The summed E-state index contributed by atoms with van der Waals surface area (Å²) in [6.45, 7) is 4.04. The first-order chi connectivity index (χ1) is 11.3. The summed E-state index contributed by atoms with van der Waals surface area (Å²) in [6, 6.07) is 0.315. The maximum atomic E-state index is 12.1. The van der Waals surface area contributed by atoms with E-state index in [9.17, 15) is 4.79 Å². The van der Waals surface area contributed by atoms with E-state index in [4.69, 9.17) is 0 Å². The SMILES string of the molecule is O=C(CCn1cncn1)N[C@@H]1CCCN(CC2CCCCC2)C1. The van der Waals surface area contributed by atoms with Crippen molar-refractivity contribution < 1.29 is 4.79 Å². The number of hydrogen-bond acceptors (Lipinski definition) is 4. The third-order valence-corrected chi connectivity index (χ3v) is 5.15. The van der Waals surface area contributed by atoms with Crippen molar-refractivity contribution in [3.05, 3.63) is 12.7 Å². The zero-order valence-electron chi connectivity index (χ0n) is 14.0. The Hall–Kier alpha value is -1.43. The van der Waals surface area contributed by atoms with Crippen molar-refractivity contribution in [3.8, 4) is 0 Å². The van der Waals surface area contributed by atoms with Crippen LogP contribution >= 0.6 is 0 Å². The van der Waals surface area contributed by atoms with Gasteiger partial charge in [-0.25, -0.2) is 4.98 Å². The van der Waals surface area contributed by atoms with Crippen molar-refractivity contribution in [1.29, 1.82) is 0 Å². The maximum Gasteiger partial charge on any atom is 0.222 e. The highest BCUT2D eigenvalue weighted by molar-refractivity contribution is 5.76. The quantitative estimate of drug-likeness (QED) is 0.869. The number of aryl methyl sites for hydroxylation is 1. The summed E-state index contributed by atoms with van der Waals surface area (Å²) in [5.41, 5.74) is 0. The van der Waals surface area contributed by atoms with Gasteiger partial charge in [-0.1, -0.05) is 19.3 Å². The first-order valence-corrected chi connectivity index (χ1v) is 9.14. The predicted octanol–water partition coefficient (Wildman–Crippen LogP) is 1.83. The standard InChI is InChI=1S/C17H29N5O/c23-17(8-10-22-14-18-13-19-22)20-16-7-4-9-21(12-16)11-15-5-2-1-3-6-15/h13-16H,1-12H2,(H,20,23)/t16-/m1/s1. The summed E-state index contributed by atoms with van der Waals surface area (Å²) in [5, 5.41) is 7.24. The molecule has 2 heterocycles. The molecule has 0 spiro atoms. The lowest BCUT2D eigenvalue weighted by atomic mass is 9.88. The number of piperidine rings is 1. The number of carbonyl (C=O) groups is 1. The number of nitrogens with one attached hydrogen (secondary N) is 1. The van der Waals surface area contributed by atoms with Crippen LogP contribution in [0.3, 0.4) is 0 Å². The van der Waals surface area contributed by atoms with Crippen LogP contribution in [-0.4, -0.2) is 51.2 Å². The lowest BCUT2D eigenvalue weighted by Gasteiger charge is -2.36. The van der Waals surface area contributed by atoms with E-state index in [2.05, 4.69) is 20.3 Å². The Morgan fingerprint density at radius 1 is 1.17 bits per heavy atom. The second kappa shape index (κ2) is 8.43. The highest BCUT2D eigenvalue weighted by Gasteiger charge is 2.24. The minimum atomic E-state index is 0.130. The number of amides is 1. The number of hydrogen-bond donors (Lipinski definition) is 1. The van der Waals surface area contributed by atoms with E-state index in [1.165, 1.54) is 57.9 Å². The number of nitrogens with zero attached hydrogens (tertiary/aromatic N) is 4. The van der Waals surface area contributed by atoms with Gasteiger partial charge in [0.2, 0.25) is 5.91 Å². The lowest BCUT2D eigenvalue weighted by molar-refractivity contribution is -0.122. The van der Waals surface area contributed by atoms with Crippen molar-refractivity contribution >= 4 is 5.91 Å². The molecule has 128 valence electrons. The van der Waals surface area contributed by atoms with Gasteiger partial charge in [0.25, 0.3) is 0 Å². The van der Waals surface area contributed by atoms with Crippen LogP contribution in [0.25, 0.3) is 0 Å². The zero-order chi connectivity index (χ0) is 15.9. The molecule has 1 aliphatic carbocycles. The molecule has 2 aliphatic rings. The highest BCUT2D eigenvalue weighted by Crippen LogP contribution is 2.25. The van der Waals surface area contributed by atoms with Gasteiger partial charge in [-0.3, -0.25) is 9.48 Å². The van der Waals surface area contributed by atoms with Crippen LogP contribution in [0.1, 0.15) is 51.4 Å². The normalized spacial score (nSPS) is 23.7. The molecule has 1 aromatic rings. The van der Waals surface area contributed by atoms with Crippen molar-refractivity contribution in [1.82, 2.24) is 25.0 Å². The molecule has 3 rings (SSSR count). The van der Waals surface area contributed by atoms with E-state index in [0.29, 0.717) is 19.0 Å². The van der Waals surface area contributed by atoms with Crippen LogP contribution < -0.4 is 5.32 Å². The molecule has 23 heavy (non-hydrogen) atoms. The first kappa shape index (κ1) is 16.4. The summed E-state index contributed by atoms with van der Waals surface area (Å²) >= 11 is 0. The smallest absolute Gasteiger partial charge is 0.222 e. The topological polar surface area (TPSA) is 63.1 Å². The Morgan fingerprint density at radius 2 is 2.04 bits per heavy atom. The fourth-order valence-corrected chi connectivity index (χ4v) is 3.94. The van der Waals surface area contributed by atoms with Crippen LogP contribution in [0.15, 0.2) is 12.7 Å². The van der Waals surface area contributed by atoms with Gasteiger partial charge >= 0.3 is 0 Å². The second-order valence-corrected chi connectivity index (χ2v) is 7.08. The summed E-state index contributed by atoms with van der Waals surface area (Å²) in [4.78, 5) is 18.6. The molecule has 2 fully saturated rings. The molecular formula is C17H29N5O. The third-order valence-electron chi connectivity index (χ3n) is 5.15. The number of rotatable bonds is 6. The molecule has 0 unspecified atom stereocenters. The van der Waals surface area contributed by atoms with E-state index in [1.807, 2.05) is 0 Å². The fourth-order valence-electron chi connectivity index (χ4n) is 3.94. The van der Waals surface area contributed by atoms with E-state index >= 15 is 0 Å². The Bertz CT molecular complexity index is 469. The van der Waals surface area contributed by atoms with Gasteiger partial charge in [-0.15, -0.1) is 0 Å². The van der Waals surface area contributed by atoms with Crippen molar-refractivity contribution in [2.75, 3.05) is 19.6 Å². The minimum Gasteiger partial charge on any atom is -0.352 e. The van der Waals surface area contributed by atoms with Crippen molar-refractivity contribution in [2.45, 2.75) is 64.0 Å². The second-order valence-electron chi connectivity index (χ2n) is 7.08. The Balaban J connectivity index is 1.38. The molecule has 6 nitrogen and oxygen atoms in total. The van der Waals surface area contributed by atoms with Gasteiger partial charge in [0.1, 0.15) is 12.7 Å². The molecule has 1 aliphatic heterocycles. The Labute approximate surface area is 138 Å². The van der Waals surface area contributed by atoms with E-state index in [0.717, 1.165) is 18.9 Å². The van der Waals surface area contributed by atoms with Gasteiger partial charge in [0, 0.05) is 25.6 Å². The summed E-state index contributed by atoms with van der Waals surface area (Å²) in [6.07, 6.45) is 12.9. The average molecular weight is 319 g/mol. The number of carbonyl (C=O) groups excluding carboxylic acids is 1. The Kier molecular flexibility index (Phi) is 6.02. The average Bonchev–Trinajstić information content (AvgIpc) is 3.08. The number of likely N-dealkylation sites (tertiary alicyclic amines) is 1. The predicted molar refractivity (Wildman–Crippen MR) is 88.8 cm³/mol. The molecule has 0 bridgehead atoms. The monoisotopic (exact) mass is 319 g/mol. The van der Waals surface area contributed by atoms with Crippen LogP contribution in [0.2, 0.25) is 0 Å². The molecule has 1 saturated heterocycles. The van der Waals surface area contributed by atoms with Gasteiger partial charge in [-0.2, -0.15) is 5.10 Å². The maximum absolute atomic E-state index is 12.1. The molecule has 0 aromatic carbocycles. The van der Waals surface area contributed by atoms with Crippen molar-refractivity contribution in [3.63, 3.8) is 0 Å². The van der Waals surface area contributed by atoms with E-state index < -0.39 is 0 Å². The van der Waals surface area contributed by atoms with Crippen LogP contribution in [0, 0.1) is 5.92 Å². The molecule has 1 saturated carbocycles. The van der Waals surface area contributed by atoms with Gasteiger partial charge in [-0.05, 0) is 38.1 Å². The first-order valence-electron chi connectivity index (χ1n) is 9.14. The van der Waals surface area contributed by atoms with Gasteiger partial charge in [0.05, 0.1) is 6.54 Å². The Morgan fingerprint density at radius 3 is 2.83 bits per heavy atom. The molecule has 0 radical (unpaired) electrons. The molecule has 6 heteroatoms. The molecule has 1 amide bonds. The molecule has 1 aromatic heterocycles. The van der Waals surface area contributed by atoms with Crippen LogP contribution in [0.4, 0.5) is 0 Å². The van der Waals surface area contributed by atoms with Crippen LogP contribution in [-0.2, 0) is 11.3 Å².